The van der Waals surface area contributed by atoms with Crippen molar-refractivity contribution in [3.63, 3.8) is 0 Å². The van der Waals surface area contributed by atoms with E-state index in [4.69, 9.17) is 37.7 Å². The van der Waals surface area contributed by atoms with E-state index >= 15 is 0 Å². The van der Waals surface area contributed by atoms with Gasteiger partial charge in [0.25, 0.3) is 5.91 Å². The number of hydrogen-bond acceptors (Lipinski definition) is 5. The summed E-state index contributed by atoms with van der Waals surface area (Å²) in [4.78, 5) is 21.6. The Balaban J connectivity index is 1.42. The number of carbonyl (C=O) groups excluding carboxylic acids is 1. The number of rotatable bonds is 8. The molecule has 1 aliphatic heterocycles. The van der Waals surface area contributed by atoms with E-state index in [0.717, 1.165) is 54.8 Å². The number of benzene rings is 2. The lowest BCUT2D eigenvalue weighted by Gasteiger charge is -2.31. The van der Waals surface area contributed by atoms with E-state index in [1.54, 1.807) is 0 Å². The van der Waals surface area contributed by atoms with Gasteiger partial charge in [0, 0.05) is 16.6 Å². The van der Waals surface area contributed by atoms with E-state index in [-0.39, 0.29) is 18.6 Å². The summed E-state index contributed by atoms with van der Waals surface area (Å²) >= 11 is 14.5. The van der Waals surface area contributed by atoms with E-state index < -0.39 is 0 Å². The van der Waals surface area contributed by atoms with Crippen molar-refractivity contribution in [3.05, 3.63) is 62.5 Å². The second kappa shape index (κ2) is 13.5. The average Bonchev–Trinajstić information content (AvgIpc) is 3.24. The summed E-state index contributed by atoms with van der Waals surface area (Å²) in [6, 6.07) is 11.8. The number of nitrogens with zero attached hydrogens (tertiary/aromatic N) is 2. The van der Waals surface area contributed by atoms with Crippen molar-refractivity contribution in [2.45, 2.75) is 89.8 Å². The first-order valence-corrected chi connectivity index (χ1v) is 15.7. The Labute approximate surface area is 245 Å². The van der Waals surface area contributed by atoms with Gasteiger partial charge in [0.1, 0.15) is 6.61 Å². The van der Waals surface area contributed by atoms with Crippen LogP contribution >= 0.6 is 35.0 Å². The van der Waals surface area contributed by atoms with Gasteiger partial charge in [-0.1, -0.05) is 79.9 Å². The largest absolute Gasteiger partial charge is 0.490 e. The molecule has 5 rings (SSSR count). The number of halogens is 2. The molecule has 3 aliphatic rings. The van der Waals surface area contributed by atoms with Crippen LogP contribution in [0, 0.1) is 0 Å². The molecule has 2 aromatic carbocycles. The molecule has 5 nitrogen and oxygen atoms in total. The molecule has 0 atom stereocenters. The predicted octanol–water partition coefficient (Wildman–Crippen LogP) is 8.91. The fraction of sp³-hybridized carbons (Fsp3) is 0.484. The second-order valence-electron chi connectivity index (χ2n) is 10.4. The number of amides is 1. The van der Waals surface area contributed by atoms with Gasteiger partial charge in [-0.3, -0.25) is 14.7 Å². The molecule has 2 aromatic rings. The highest BCUT2D eigenvalue weighted by molar-refractivity contribution is 8.18. The molecular weight excluding hydrogens is 551 g/mol. The molecule has 0 radical (unpaired) electrons. The summed E-state index contributed by atoms with van der Waals surface area (Å²) < 4.78 is 12.0. The number of amidine groups is 1. The molecule has 1 amide bonds. The fourth-order valence-electron chi connectivity index (χ4n) is 5.60. The minimum atomic E-state index is 0.0505. The van der Waals surface area contributed by atoms with Gasteiger partial charge in [-0.25, -0.2) is 0 Å². The predicted molar refractivity (Wildman–Crippen MR) is 162 cm³/mol. The van der Waals surface area contributed by atoms with Crippen LogP contribution in [-0.4, -0.2) is 34.7 Å². The molecular formula is C31H36Cl2N2O3S. The normalized spacial score (nSPS) is 21.2. The maximum atomic E-state index is 13.8. The third-order valence-corrected chi connectivity index (χ3v) is 9.25. The highest BCUT2D eigenvalue weighted by Crippen LogP contribution is 2.41. The zero-order valence-corrected chi connectivity index (χ0v) is 24.8. The quantitative estimate of drug-likeness (QED) is 0.290. The van der Waals surface area contributed by atoms with Gasteiger partial charge < -0.3 is 9.47 Å². The van der Waals surface area contributed by atoms with E-state index in [1.165, 1.54) is 37.4 Å². The zero-order valence-electron chi connectivity index (χ0n) is 22.5. The SMILES string of the molecule is CCOc1cc(C=C2SC(=NC3CCCCC3)N(C3CCCCC3)C2=O)cc(Cl)c1OCc1ccccc1Cl. The molecule has 39 heavy (non-hydrogen) atoms. The van der Waals surface area contributed by atoms with Crippen LogP contribution < -0.4 is 9.47 Å². The number of hydrogen-bond donors (Lipinski definition) is 0. The molecule has 8 heteroatoms. The van der Waals surface area contributed by atoms with Gasteiger partial charge in [0.15, 0.2) is 16.7 Å². The van der Waals surface area contributed by atoms with Gasteiger partial charge in [0.05, 0.1) is 22.6 Å². The van der Waals surface area contributed by atoms with Gasteiger partial charge in [-0.2, -0.15) is 0 Å². The average molecular weight is 588 g/mol. The third-order valence-electron chi connectivity index (χ3n) is 7.60. The van der Waals surface area contributed by atoms with Crippen molar-refractivity contribution in [2.24, 2.45) is 4.99 Å². The Morgan fingerprint density at radius 1 is 0.974 bits per heavy atom. The molecule has 1 heterocycles. The lowest BCUT2D eigenvalue weighted by atomic mass is 9.94. The molecule has 3 fully saturated rings. The van der Waals surface area contributed by atoms with Crippen LogP contribution in [0.5, 0.6) is 11.5 Å². The minimum Gasteiger partial charge on any atom is -0.490 e. The van der Waals surface area contributed by atoms with E-state index in [2.05, 4.69) is 0 Å². The molecule has 1 saturated heterocycles. The third kappa shape index (κ3) is 6.96. The van der Waals surface area contributed by atoms with Crippen LogP contribution in [0.4, 0.5) is 0 Å². The molecule has 0 spiro atoms. The Bertz CT molecular complexity index is 1240. The van der Waals surface area contributed by atoms with Crippen molar-refractivity contribution in [1.82, 2.24) is 4.90 Å². The Morgan fingerprint density at radius 3 is 2.41 bits per heavy atom. The highest BCUT2D eigenvalue weighted by atomic mass is 35.5. The molecule has 0 N–H and O–H groups in total. The summed E-state index contributed by atoms with van der Waals surface area (Å²) in [5, 5.41) is 1.94. The van der Waals surface area contributed by atoms with Crippen LogP contribution in [0.2, 0.25) is 10.0 Å². The van der Waals surface area contributed by atoms with Crippen molar-refractivity contribution < 1.29 is 14.3 Å². The molecule has 2 saturated carbocycles. The van der Waals surface area contributed by atoms with Crippen molar-refractivity contribution in [3.8, 4) is 11.5 Å². The summed E-state index contributed by atoms with van der Waals surface area (Å²) in [6.07, 6.45) is 13.5. The number of carbonyl (C=O) groups is 1. The van der Waals surface area contributed by atoms with Crippen molar-refractivity contribution >= 4 is 52.1 Å². The Morgan fingerprint density at radius 2 is 1.69 bits per heavy atom. The maximum Gasteiger partial charge on any atom is 0.266 e. The van der Waals surface area contributed by atoms with Gasteiger partial charge in [-0.15, -0.1) is 0 Å². The van der Waals surface area contributed by atoms with Gasteiger partial charge in [-0.05, 0) is 74.2 Å². The molecule has 0 aromatic heterocycles. The van der Waals surface area contributed by atoms with Crippen LogP contribution in [-0.2, 0) is 11.4 Å². The fourth-order valence-corrected chi connectivity index (χ4v) is 7.17. The first-order chi connectivity index (χ1) is 19.0. The minimum absolute atomic E-state index is 0.0505. The lowest BCUT2D eigenvalue weighted by Crippen LogP contribution is -2.41. The van der Waals surface area contributed by atoms with Crippen LogP contribution in [0.3, 0.4) is 0 Å². The number of thioether (sulfide) groups is 1. The van der Waals surface area contributed by atoms with Crippen molar-refractivity contribution in [2.75, 3.05) is 6.61 Å². The summed E-state index contributed by atoms with van der Waals surface area (Å²) in [7, 11) is 0. The molecule has 0 bridgehead atoms. The standard InChI is InChI=1S/C31H36Cl2N2O3S/c1-2-37-27-18-21(17-26(33)29(27)38-20-22-11-9-10-16-25(22)32)19-28-30(36)35(24-14-7-4-8-15-24)31(39-28)34-23-12-5-3-6-13-23/h9-11,16-19,23-24H,2-8,12-15,20H2,1H3. The summed E-state index contributed by atoms with van der Waals surface area (Å²) in [5.74, 6) is 1.06. The Kier molecular flexibility index (Phi) is 9.80. The monoisotopic (exact) mass is 586 g/mol. The zero-order chi connectivity index (χ0) is 27.2. The first-order valence-electron chi connectivity index (χ1n) is 14.2. The van der Waals surface area contributed by atoms with E-state index in [0.29, 0.717) is 39.1 Å². The van der Waals surface area contributed by atoms with Crippen LogP contribution in [0.25, 0.3) is 6.08 Å². The second-order valence-corrected chi connectivity index (χ2v) is 12.2. The Hall–Kier alpha value is -2.15. The molecule has 208 valence electrons. The molecule has 0 unspecified atom stereocenters. The van der Waals surface area contributed by atoms with E-state index in [9.17, 15) is 4.79 Å². The number of ether oxygens (including phenoxy) is 2. The van der Waals surface area contributed by atoms with Crippen LogP contribution in [0.15, 0.2) is 46.3 Å². The van der Waals surface area contributed by atoms with Gasteiger partial charge in [0.2, 0.25) is 0 Å². The van der Waals surface area contributed by atoms with E-state index in [1.807, 2.05) is 54.3 Å². The highest BCUT2D eigenvalue weighted by Gasteiger charge is 2.39. The maximum absolute atomic E-state index is 13.8. The molecule has 2 aliphatic carbocycles. The number of aliphatic imine (C=N–C) groups is 1. The lowest BCUT2D eigenvalue weighted by molar-refractivity contribution is -0.124. The smallest absolute Gasteiger partial charge is 0.266 e. The first kappa shape index (κ1) is 28.4. The summed E-state index contributed by atoms with van der Waals surface area (Å²) in [6.45, 7) is 2.65. The van der Waals surface area contributed by atoms with Gasteiger partial charge >= 0.3 is 0 Å². The van der Waals surface area contributed by atoms with Crippen LogP contribution in [0.1, 0.15) is 82.3 Å². The van der Waals surface area contributed by atoms with Crippen molar-refractivity contribution in [1.29, 1.82) is 0 Å². The topological polar surface area (TPSA) is 51.1 Å². The summed E-state index contributed by atoms with van der Waals surface area (Å²) in [5.41, 5.74) is 1.66.